The summed E-state index contributed by atoms with van der Waals surface area (Å²) in [6.45, 7) is 6.16. The molecule has 2 rings (SSSR count). The van der Waals surface area contributed by atoms with E-state index < -0.39 is 0 Å². The summed E-state index contributed by atoms with van der Waals surface area (Å²) in [7, 11) is 0. The Morgan fingerprint density at radius 3 is 1.71 bits per heavy atom. The van der Waals surface area contributed by atoms with Crippen LogP contribution in [0.25, 0.3) is 0 Å². The second-order valence-corrected chi connectivity index (χ2v) is 4.17. The van der Waals surface area contributed by atoms with Gasteiger partial charge in [-0.25, -0.2) is 0 Å². The quantitative estimate of drug-likeness (QED) is 0.689. The van der Waals surface area contributed by atoms with Crippen molar-refractivity contribution < 1.29 is 0 Å². The molecule has 14 heavy (non-hydrogen) atoms. The number of rotatable bonds is 3. The summed E-state index contributed by atoms with van der Waals surface area (Å²) in [6.07, 6.45) is 1.98. The summed E-state index contributed by atoms with van der Waals surface area (Å²) < 4.78 is 0. The first-order chi connectivity index (χ1) is 6.74. The van der Waals surface area contributed by atoms with Crippen LogP contribution in [0, 0.1) is 0 Å². The maximum atomic E-state index is 4.42. The Kier molecular flexibility index (Phi) is 2.70. The van der Waals surface area contributed by atoms with Gasteiger partial charge in [-0.1, -0.05) is 0 Å². The molecular formula is C10H18N4. The molecule has 2 unspecified atom stereocenters. The molecule has 0 radical (unpaired) electrons. The topological polar surface area (TPSA) is 48.8 Å². The highest BCUT2D eigenvalue weighted by atomic mass is 15.1. The Hall–Kier alpha value is -1.06. The molecule has 0 aliphatic carbocycles. The van der Waals surface area contributed by atoms with E-state index in [-0.39, 0.29) is 0 Å². The van der Waals surface area contributed by atoms with Crippen molar-refractivity contribution >= 4 is 11.7 Å². The third-order valence-electron chi connectivity index (χ3n) is 2.54. The first kappa shape index (κ1) is 9.49. The Morgan fingerprint density at radius 2 is 1.43 bits per heavy atom. The van der Waals surface area contributed by atoms with Crippen LogP contribution >= 0.6 is 0 Å². The van der Waals surface area contributed by atoms with Crippen LogP contribution in [0.2, 0.25) is 0 Å². The largest absolute Gasteiger partial charge is 0.370 e. The molecule has 2 atom stereocenters. The van der Waals surface area contributed by atoms with Crippen molar-refractivity contribution in [2.75, 3.05) is 13.1 Å². The standard InChI is InChI=1S/C10H18N4/c1-7-5-11-9(13-7)3-4-10-12-6-8(2)14-10/h7-8H,3-6H2,1-2H3,(H,11,13)(H,12,14). The van der Waals surface area contributed by atoms with Crippen molar-refractivity contribution in [1.29, 1.82) is 0 Å². The molecule has 0 bridgehead atoms. The van der Waals surface area contributed by atoms with Crippen LogP contribution in [0.15, 0.2) is 9.98 Å². The van der Waals surface area contributed by atoms with Crippen LogP contribution in [0.1, 0.15) is 26.7 Å². The molecule has 2 aliphatic heterocycles. The highest BCUT2D eigenvalue weighted by molar-refractivity contribution is 5.91. The lowest BCUT2D eigenvalue weighted by Crippen LogP contribution is -2.30. The number of amidine groups is 2. The lowest BCUT2D eigenvalue weighted by molar-refractivity contribution is 0.716. The SMILES string of the molecule is CC1CN=C(CCC2=NCC(C)N2)N1. The van der Waals surface area contributed by atoms with Crippen LogP contribution < -0.4 is 10.6 Å². The molecule has 0 spiro atoms. The van der Waals surface area contributed by atoms with Gasteiger partial charge in [-0.05, 0) is 13.8 Å². The van der Waals surface area contributed by atoms with Gasteiger partial charge in [0.05, 0.1) is 24.8 Å². The summed E-state index contributed by atoms with van der Waals surface area (Å²) in [6, 6.07) is 1.03. The highest BCUT2D eigenvalue weighted by Crippen LogP contribution is 2.04. The zero-order chi connectivity index (χ0) is 9.97. The monoisotopic (exact) mass is 194 g/mol. The lowest BCUT2D eigenvalue weighted by Gasteiger charge is -2.07. The fourth-order valence-corrected chi connectivity index (χ4v) is 1.78. The zero-order valence-electron chi connectivity index (χ0n) is 8.88. The molecule has 4 heteroatoms. The van der Waals surface area contributed by atoms with Crippen molar-refractivity contribution in [2.24, 2.45) is 9.98 Å². The van der Waals surface area contributed by atoms with Crippen molar-refractivity contribution in [3.63, 3.8) is 0 Å². The average molecular weight is 194 g/mol. The summed E-state index contributed by atoms with van der Waals surface area (Å²) in [5.41, 5.74) is 0. The summed E-state index contributed by atoms with van der Waals surface area (Å²) in [5.74, 6) is 2.28. The van der Waals surface area contributed by atoms with Crippen LogP contribution in [0.3, 0.4) is 0 Å². The Bertz CT molecular complexity index is 241. The minimum atomic E-state index is 0.516. The maximum absolute atomic E-state index is 4.42. The molecule has 0 aromatic rings. The lowest BCUT2D eigenvalue weighted by atomic mass is 10.2. The van der Waals surface area contributed by atoms with Gasteiger partial charge in [-0.2, -0.15) is 0 Å². The van der Waals surface area contributed by atoms with Crippen molar-refractivity contribution in [3.05, 3.63) is 0 Å². The molecule has 4 nitrogen and oxygen atoms in total. The van der Waals surface area contributed by atoms with Crippen LogP contribution in [0.4, 0.5) is 0 Å². The number of nitrogens with one attached hydrogen (secondary N) is 2. The van der Waals surface area contributed by atoms with Crippen molar-refractivity contribution in [1.82, 2.24) is 10.6 Å². The fraction of sp³-hybridized carbons (Fsp3) is 0.800. The molecule has 2 heterocycles. The van der Waals surface area contributed by atoms with Crippen LogP contribution in [-0.4, -0.2) is 36.8 Å². The summed E-state index contributed by atoms with van der Waals surface area (Å²) >= 11 is 0. The van der Waals surface area contributed by atoms with Gasteiger partial charge in [0.25, 0.3) is 0 Å². The molecule has 2 aliphatic rings. The van der Waals surface area contributed by atoms with Crippen molar-refractivity contribution in [3.8, 4) is 0 Å². The summed E-state index contributed by atoms with van der Waals surface area (Å²) in [4.78, 5) is 8.84. The fourth-order valence-electron chi connectivity index (χ4n) is 1.78. The first-order valence-electron chi connectivity index (χ1n) is 5.34. The molecule has 78 valence electrons. The van der Waals surface area contributed by atoms with E-state index in [9.17, 15) is 0 Å². The second kappa shape index (κ2) is 3.98. The van der Waals surface area contributed by atoms with E-state index >= 15 is 0 Å². The normalized spacial score (nSPS) is 30.7. The average Bonchev–Trinajstić information content (AvgIpc) is 2.72. The van der Waals surface area contributed by atoms with E-state index in [4.69, 9.17) is 0 Å². The zero-order valence-corrected chi connectivity index (χ0v) is 8.88. The van der Waals surface area contributed by atoms with Gasteiger partial charge in [0, 0.05) is 24.9 Å². The maximum Gasteiger partial charge on any atom is 0.0971 e. The Morgan fingerprint density at radius 1 is 1.00 bits per heavy atom. The minimum Gasteiger partial charge on any atom is -0.370 e. The van der Waals surface area contributed by atoms with Gasteiger partial charge < -0.3 is 10.6 Å². The summed E-state index contributed by atoms with van der Waals surface area (Å²) in [5, 5.41) is 6.71. The molecule has 0 saturated carbocycles. The Balaban J connectivity index is 1.73. The van der Waals surface area contributed by atoms with E-state index in [0.717, 1.165) is 37.6 Å². The van der Waals surface area contributed by atoms with Crippen molar-refractivity contribution in [2.45, 2.75) is 38.8 Å². The Labute approximate surface area is 84.9 Å². The number of hydrogen-bond donors (Lipinski definition) is 2. The molecule has 0 aromatic carbocycles. The predicted octanol–water partition coefficient (Wildman–Crippen LogP) is 0.547. The number of aliphatic imine (C=N–C) groups is 2. The minimum absolute atomic E-state index is 0.516. The smallest absolute Gasteiger partial charge is 0.0971 e. The van der Waals surface area contributed by atoms with E-state index in [2.05, 4.69) is 34.5 Å². The molecular weight excluding hydrogens is 176 g/mol. The van der Waals surface area contributed by atoms with Gasteiger partial charge >= 0.3 is 0 Å². The third-order valence-corrected chi connectivity index (χ3v) is 2.54. The molecule has 0 fully saturated rings. The van der Waals surface area contributed by atoms with E-state index in [1.807, 2.05) is 0 Å². The van der Waals surface area contributed by atoms with E-state index in [1.54, 1.807) is 0 Å². The molecule has 0 saturated heterocycles. The van der Waals surface area contributed by atoms with E-state index in [1.165, 1.54) is 0 Å². The molecule has 0 amide bonds. The van der Waals surface area contributed by atoms with Gasteiger partial charge in [0.1, 0.15) is 0 Å². The predicted molar refractivity (Wildman–Crippen MR) is 59.0 cm³/mol. The first-order valence-corrected chi connectivity index (χ1v) is 5.34. The van der Waals surface area contributed by atoms with Gasteiger partial charge in [0.2, 0.25) is 0 Å². The second-order valence-electron chi connectivity index (χ2n) is 4.17. The highest BCUT2D eigenvalue weighted by Gasteiger charge is 2.15. The van der Waals surface area contributed by atoms with E-state index in [0.29, 0.717) is 12.1 Å². The van der Waals surface area contributed by atoms with Gasteiger partial charge in [0.15, 0.2) is 0 Å². The van der Waals surface area contributed by atoms with Gasteiger partial charge in [-0.3, -0.25) is 9.98 Å². The third kappa shape index (κ3) is 2.25. The number of hydrogen-bond acceptors (Lipinski definition) is 4. The van der Waals surface area contributed by atoms with Gasteiger partial charge in [-0.15, -0.1) is 0 Å². The number of nitrogens with zero attached hydrogens (tertiary/aromatic N) is 2. The molecule has 2 N–H and O–H groups in total. The van der Waals surface area contributed by atoms with Crippen LogP contribution in [-0.2, 0) is 0 Å². The molecule has 0 aromatic heterocycles. The van der Waals surface area contributed by atoms with Crippen LogP contribution in [0.5, 0.6) is 0 Å².